The summed E-state index contributed by atoms with van der Waals surface area (Å²) >= 11 is 0. The van der Waals surface area contributed by atoms with Crippen molar-refractivity contribution in [1.29, 1.82) is 0 Å². The molecule has 1 unspecified atom stereocenters. The molecule has 0 fully saturated rings. The average Bonchev–Trinajstić information content (AvgIpc) is 2.73. The van der Waals surface area contributed by atoms with Gasteiger partial charge in [-0.15, -0.1) is 0 Å². The molecule has 0 aliphatic rings. The second-order valence-electron chi connectivity index (χ2n) is 5.79. The van der Waals surface area contributed by atoms with Crippen molar-refractivity contribution in [2.24, 2.45) is 13.0 Å². The van der Waals surface area contributed by atoms with Gasteiger partial charge < -0.3 is 14.5 Å². The van der Waals surface area contributed by atoms with Gasteiger partial charge in [-0.05, 0) is 31.4 Å². The van der Waals surface area contributed by atoms with Crippen molar-refractivity contribution in [2.45, 2.75) is 33.3 Å². The highest BCUT2D eigenvalue weighted by Gasteiger charge is 2.14. The lowest BCUT2D eigenvalue weighted by Gasteiger charge is -2.14. The molecule has 22 heavy (non-hydrogen) atoms. The van der Waals surface area contributed by atoms with Crippen LogP contribution in [0.2, 0.25) is 0 Å². The summed E-state index contributed by atoms with van der Waals surface area (Å²) in [5, 5.41) is 2.77. The third kappa shape index (κ3) is 3.76. The number of ether oxygens (including phenoxy) is 1. The van der Waals surface area contributed by atoms with Gasteiger partial charge in [-0.2, -0.15) is 0 Å². The van der Waals surface area contributed by atoms with E-state index in [0.717, 1.165) is 6.42 Å². The van der Waals surface area contributed by atoms with Crippen LogP contribution < -0.4 is 11.1 Å². The van der Waals surface area contributed by atoms with Crippen molar-refractivity contribution in [3.8, 4) is 0 Å². The molecule has 0 saturated heterocycles. The molecule has 0 saturated carbocycles. The number of hydrogen-bond donors (Lipinski definition) is 1. The Hall–Kier alpha value is -2.08. The molecule has 1 aromatic carbocycles. The molecule has 0 bridgehead atoms. The molecule has 1 heterocycles. The first-order valence-electron chi connectivity index (χ1n) is 7.40. The number of oxazole rings is 1. The van der Waals surface area contributed by atoms with Crippen LogP contribution in [0, 0.1) is 5.92 Å². The van der Waals surface area contributed by atoms with Crippen LogP contribution in [0.1, 0.15) is 27.2 Å². The summed E-state index contributed by atoms with van der Waals surface area (Å²) in [5.74, 6) is -0.108. The minimum atomic E-state index is -0.530. The zero-order chi connectivity index (χ0) is 16.3. The molecule has 0 aliphatic carbocycles. The lowest BCUT2D eigenvalue weighted by Crippen LogP contribution is -2.28. The van der Waals surface area contributed by atoms with Crippen molar-refractivity contribution in [2.75, 3.05) is 11.9 Å². The highest BCUT2D eigenvalue weighted by molar-refractivity contribution is 5.95. The summed E-state index contributed by atoms with van der Waals surface area (Å²) in [6, 6.07) is 5.10. The van der Waals surface area contributed by atoms with Crippen LogP contribution in [0.4, 0.5) is 5.69 Å². The third-order valence-electron chi connectivity index (χ3n) is 3.49. The van der Waals surface area contributed by atoms with Gasteiger partial charge in [-0.25, -0.2) is 4.79 Å². The maximum Gasteiger partial charge on any atom is 0.419 e. The van der Waals surface area contributed by atoms with Gasteiger partial charge in [0.2, 0.25) is 0 Å². The number of aryl methyl sites for hydroxylation is 1. The third-order valence-corrected chi connectivity index (χ3v) is 3.49. The average molecular weight is 306 g/mol. The predicted octanol–water partition coefficient (Wildman–Crippen LogP) is 2.52. The van der Waals surface area contributed by atoms with E-state index < -0.39 is 11.9 Å². The molecular formula is C16H22N2O4. The zero-order valence-electron chi connectivity index (χ0n) is 13.4. The minimum Gasteiger partial charge on any atom is -0.408 e. The number of amides is 1. The van der Waals surface area contributed by atoms with Crippen LogP contribution in [0.25, 0.3) is 11.1 Å². The second-order valence-corrected chi connectivity index (χ2v) is 5.79. The molecule has 1 aromatic heterocycles. The van der Waals surface area contributed by atoms with Gasteiger partial charge in [-0.3, -0.25) is 9.36 Å². The van der Waals surface area contributed by atoms with Crippen molar-refractivity contribution in [3.05, 3.63) is 28.7 Å². The number of nitrogens with one attached hydrogen (secondary N) is 1. The monoisotopic (exact) mass is 306 g/mol. The molecule has 1 amide bonds. The number of benzene rings is 1. The lowest BCUT2D eigenvalue weighted by molar-refractivity contribution is -0.126. The van der Waals surface area contributed by atoms with Crippen LogP contribution >= 0.6 is 0 Å². The van der Waals surface area contributed by atoms with E-state index in [1.165, 1.54) is 4.57 Å². The first kappa shape index (κ1) is 16.3. The Labute approximate surface area is 129 Å². The smallest absolute Gasteiger partial charge is 0.408 e. The van der Waals surface area contributed by atoms with E-state index in [-0.39, 0.29) is 5.91 Å². The van der Waals surface area contributed by atoms with E-state index in [2.05, 4.69) is 19.2 Å². The number of fused-ring (bicyclic) bond motifs is 1. The Morgan fingerprint density at radius 1 is 1.36 bits per heavy atom. The van der Waals surface area contributed by atoms with Gasteiger partial charge >= 0.3 is 5.76 Å². The number of aromatic nitrogens is 1. The number of hydrogen-bond acceptors (Lipinski definition) is 4. The lowest BCUT2D eigenvalue weighted by atomic mass is 10.1. The van der Waals surface area contributed by atoms with Crippen LogP contribution in [-0.2, 0) is 16.6 Å². The number of carbonyl (C=O) groups excluding carboxylic acids is 1. The largest absolute Gasteiger partial charge is 0.419 e. The Bertz CT molecular complexity index is 714. The highest BCUT2D eigenvalue weighted by atomic mass is 16.5. The molecule has 2 rings (SSSR count). The SMILES string of the molecule is CC(C)CCOC(C)C(=O)Nc1ccc2c(c1)oc(=O)n2C. The summed E-state index contributed by atoms with van der Waals surface area (Å²) in [5.41, 5.74) is 1.70. The Morgan fingerprint density at radius 2 is 2.09 bits per heavy atom. The first-order chi connectivity index (χ1) is 10.4. The van der Waals surface area contributed by atoms with E-state index in [9.17, 15) is 9.59 Å². The van der Waals surface area contributed by atoms with Gasteiger partial charge in [-0.1, -0.05) is 13.8 Å². The standard InChI is InChI=1S/C16H22N2O4/c1-10(2)7-8-21-11(3)15(19)17-12-5-6-13-14(9-12)22-16(20)18(13)4/h5-6,9-11H,7-8H2,1-4H3,(H,17,19). The van der Waals surface area contributed by atoms with E-state index in [1.54, 1.807) is 32.2 Å². The number of anilines is 1. The van der Waals surface area contributed by atoms with E-state index in [4.69, 9.17) is 9.15 Å². The molecule has 0 spiro atoms. The fraction of sp³-hybridized carbons (Fsp3) is 0.500. The maximum absolute atomic E-state index is 12.1. The Balaban J connectivity index is 2.00. The molecule has 6 heteroatoms. The molecule has 0 radical (unpaired) electrons. The zero-order valence-corrected chi connectivity index (χ0v) is 13.4. The van der Waals surface area contributed by atoms with Gasteiger partial charge in [0, 0.05) is 25.4 Å². The summed E-state index contributed by atoms with van der Waals surface area (Å²) in [4.78, 5) is 23.5. The van der Waals surface area contributed by atoms with Gasteiger partial charge in [0.25, 0.3) is 5.91 Å². The Kier molecular flexibility index (Phi) is 5.03. The van der Waals surface area contributed by atoms with E-state index in [1.807, 2.05) is 0 Å². The topological polar surface area (TPSA) is 73.5 Å². The quantitative estimate of drug-likeness (QED) is 0.890. The van der Waals surface area contributed by atoms with Gasteiger partial charge in [0.1, 0.15) is 6.10 Å². The number of nitrogens with zero attached hydrogens (tertiary/aromatic N) is 1. The van der Waals surface area contributed by atoms with E-state index >= 15 is 0 Å². The molecule has 2 aromatic rings. The molecule has 0 aliphatic heterocycles. The molecule has 1 N–H and O–H groups in total. The first-order valence-corrected chi connectivity index (χ1v) is 7.40. The van der Waals surface area contributed by atoms with Gasteiger partial charge in [0.15, 0.2) is 5.58 Å². The van der Waals surface area contributed by atoms with E-state index in [0.29, 0.717) is 29.3 Å². The molecule has 120 valence electrons. The minimum absolute atomic E-state index is 0.221. The summed E-state index contributed by atoms with van der Waals surface area (Å²) in [6.07, 6.45) is 0.385. The fourth-order valence-electron chi connectivity index (χ4n) is 2.01. The van der Waals surface area contributed by atoms with Crippen molar-refractivity contribution in [3.63, 3.8) is 0 Å². The van der Waals surface area contributed by atoms with Crippen LogP contribution in [-0.4, -0.2) is 23.2 Å². The van der Waals surface area contributed by atoms with Crippen LogP contribution in [0.15, 0.2) is 27.4 Å². The number of carbonyl (C=O) groups is 1. The van der Waals surface area contributed by atoms with Gasteiger partial charge in [0.05, 0.1) is 5.52 Å². The summed E-state index contributed by atoms with van der Waals surface area (Å²) < 4.78 is 12.0. The Morgan fingerprint density at radius 3 is 2.77 bits per heavy atom. The maximum atomic E-state index is 12.1. The normalized spacial score (nSPS) is 12.8. The summed E-state index contributed by atoms with van der Waals surface area (Å²) in [7, 11) is 1.64. The molecule has 6 nitrogen and oxygen atoms in total. The van der Waals surface area contributed by atoms with Crippen molar-refractivity contribution < 1.29 is 13.9 Å². The van der Waals surface area contributed by atoms with Crippen LogP contribution in [0.3, 0.4) is 0 Å². The van der Waals surface area contributed by atoms with Crippen molar-refractivity contribution in [1.82, 2.24) is 4.57 Å². The number of rotatable bonds is 6. The summed E-state index contributed by atoms with van der Waals surface area (Å²) in [6.45, 7) is 6.49. The molecular weight excluding hydrogens is 284 g/mol. The fourth-order valence-corrected chi connectivity index (χ4v) is 2.01. The van der Waals surface area contributed by atoms with Crippen molar-refractivity contribution >= 4 is 22.7 Å². The van der Waals surface area contributed by atoms with Crippen LogP contribution in [0.5, 0.6) is 0 Å². The second kappa shape index (κ2) is 6.79. The highest BCUT2D eigenvalue weighted by Crippen LogP contribution is 2.18. The molecule has 1 atom stereocenters. The predicted molar refractivity (Wildman–Crippen MR) is 85.0 cm³/mol.